The maximum atomic E-state index is 12.9. The number of halogens is 2. The maximum absolute atomic E-state index is 12.9. The highest BCUT2D eigenvalue weighted by atomic mass is 35.5. The number of hydrogen-bond acceptors (Lipinski definition) is 4. The van der Waals surface area contributed by atoms with Gasteiger partial charge in [0.05, 0.1) is 15.7 Å². The average molecular weight is 442 g/mol. The number of hydrogen-bond donors (Lipinski definition) is 0. The third-order valence-electron chi connectivity index (χ3n) is 4.72. The number of nitrogens with zero attached hydrogens (tertiary/aromatic N) is 1. The van der Waals surface area contributed by atoms with Crippen molar-refractivity contribution in [3.8, 4) is 5.75 Å². The fraction of sp³-hybridized carbons (Fsp3) is 0.350. The van der Waals surface area contributed by atoms with E-state index >= 15 is 0 Å². The smallest absolute Gasteiger partial charge is 0.263 e. The number of amides is 1. The number of likely N-dealkylation sites (tertiary alicyclic amines) is 1. The third-order valence-corrected chi connectivity index (χ3v) is 7.06. The molecule has 8 heteroatoms. The Hall–Kier alpha value is -1.76. The molecule has 0 aliphatic carbocycles. The van der Waals surface area contributed by atoms with E-state index < -0.39 is 15.9 Å². The minimum atomic E-state index is -3.48. The van der Waals surface area contributed by atoms with Gasteiger partial charge in [-0.15, -0.1) is 0 Å². The zero-order valence-electron chi connectivity index (χ0n) is 15.3. The summed E-state index contributed by atoms with van der Waals surface area (Å²) in [5.41, 5.74) is 0. The summed E-state index contributed by atoms with van der Waals surface area (Å²) in [5.74, 6) is 0.00771. The molecule has 1 heterocycles. The highest BCUT2D eigenvalue weighted by molar-refractivity contribution is 7.91. The fourth-order valence-electron chi connectivity index (χ4n) is 3.32. The Labute approximate surface area is 175 Å². The molecule has 2 atom stereocenters. The lowest BCUT2D eigenvalue weighted by atomic mass is 10.2. The highest BCUT2D eigenvalue weighted by Crippen LogP contribution is 2.29. The van der Waals surface area contributed by atoms with Crippen molar-refractivity contribution in [3.05, 3.63) is 58.6 Å². The number of sulfone groups is 1. The Morgan fingerprint density at radius 3 is 2.61 bits per heavy atom. The summed E-state index contributed by atoms with van der Waals surface area (Å²) in [5, 5.41) is 0.791. The molecule has 150 valence electrons. The normalized spacial score (nSPS) is 18.1. The molecule has 0 spiro atoms. The van der Waals surface area contributed by atoms with Crippen LogP contribution in [0.5, 0.6) is 5.75 Å². The summed E-state index contributed by atoms with van der Waals surface area (Å²) >= 11 is 12.0. The molecular weight excluding hydrogens is 421 g/mol. The number of ether oxygens (including phenoxy) is 1. The molecule has 1 saturated heterocycles. The van der Waals surface area contributed by atoms with Gasteiger partial charge in [0.2, 0.25) is 0 Å². The van der Waals surface area contributed by atoms with Gasteiger partial charge in [-0.3, -0.25) is 4.79 Å². The molecule has 2 unspecified atom stereocenters. The van der Waals surface area contributed by atoms with Gasteiger partial charge in [0.15, 0.2) is 15.9 Å². The van der Waals surface area contributed by atoms with Crippen LogP contribution in [0.3, 0.4) is 0 Å². The van der Waals surface area contributed by atoms with Gasteiger partial charge >= 0.3 is 0 Å². The maximum Gasteiger partial charge on any atom is 0.263 e. The van der Waals surface area contributed by atoms with Crippen LogP contribution in [0.2, 0.25) is 10.0 Å². The van der Waals surface area contributed by atoms with E-state index in [0.717, 1.165) is 6.42 Å². The quantitative estimate of drug-likeness (QED) is 0.672. The van der Waals surface area contributed by atoms with E-state index in [1.165, 1.54) is 0 Å². The van der Waals surface area contributed by atoms with Crippen molar-refractivity contribution in [2.24, 2.45) is 0 Å². The minimum Gasteiger partial charge on any atom is -0.479 e. The number of carbonyl (C=O) groups excluding carboxylic acids is 1. The van der Waals surface area contributed by atoms with E-state index in [4.69, 9.17) is 27.9 Å². The number of carbonyl (C=O) groups is 1. The predicted molar refractivity (Wildman–Crippen MR) is 110 cm³/mol. The van der Waals surface area contributed by atoms with Gasteiger partial charge in [-0.2, -0.15) is 0 Å². The second-order valence-corrected chi connectivity index (χ2v) is 9.63. The minimum absolute atomic E-state index is 0.100. The van der Waals surface area contributed by atoms with Crippen molar-refractivity contribution in [2.75, 3.05) is 12.3 Å². The van der Waals surface area contributed by atoms with Crippen LogP contribution in [0.15, 0.2) is 53.4 Å². The monoisotopic (exact) mass is 441 g/mol. The lowest BCUT2D eigenvalue weighted by molar-refractivity contribution is -0.138. The summed E-state index contributed by atoms with van der Waals surface area (Å²) in [4.78, 5) is 14.8. The Bertz CT molecular complexity index is 950. The predicted octanol–water partition coefficient (Wildman–Crippen LogP) is 4.23. The first-order valence-corrected chi connectivity index (χ1v) is 11.4. The Morgan fingerprint density at radius 2 is 1.93 bits per heavy atom. The van der Waals surface area contributed by atoms with Crippen LogP contribution in [0.4, 0.5) is 0 Å². The molecular formula is C20H21Cl2NO4S. The van der Waals surface area contributed by atoms with E-state index in [9.17, 15) is 13.2 Å². The van der Waals surface area contributed by atoms with Crippen LogP contribution in [-0.2, 0) is 14.6 Å². The summed E-state index contributed by atoms with van der Waals surface area (Å²) in [7, 11) is -3.48. The molecule has 2 aromatic rings. The Kier molecular flexibility index (Phi) is 6.53. The lowest BCUT2D eigenvalue weighted by Gasteiger charge is -2.27. The molecule has 1 aliphatic heterocycles. The van der Waals surface area contributed by atoms with Gasteiger partial charge in [0.25, 0.3) is 5.91 Å². The molecule has 28 heavy (non-hydrogen) atoms. The number of rotatable bonds is 6. The Balaban J connectivity index is 1.70. The largest absolute Gasteiger partial charge is 0.479 e. The zero-order chi connectivity index (χ0) is 20.3. The van der Waals surface area contributed by atoms with Crippen molar-refractivity contribution in [1.82, 2.24) is 4.90 Å². The molecule has 0 N–H and O–H groups in total. The summed E-state index contributed by atoms with van der Waals surface area (Å²) in [6.07, 6.45) is 0.611. The van der Waals surface area contributed by atoms with E-state index in [-0.39, 0.29) is 22.6 Å². The average Bonchev–Trinajstić information content (AvgIpc) is 3.11. The van der Waals surface area contributed by atoms with E-state index in [2.05, 4.69) is 0 Å². The van der Waals surface area contributed by atoms with Crippen LogP contribution in [0.1, 0.15) is 19.8 Å². The molecule has 5 nitrogen and oxygen atoms in total. The number of benzene rings is 2. The van der Waals surface area contributed by atoms with Crippen molar-refractivity contribution >= 4 is 38.9 Å². The molecule has 3 rings (SSSR count). The van der Waals surface area contributed by atoms with Crippen molar-refractivity contribution in [3.63, 3.8) is 0 Å². The standard InChI is InChI=1S/C20H21Cl2NO4S/c1-14(27-19-10-9-15(21)12-18(19)22)20(24)23-11-5-6-16(23)13-28(25,26)17-7-3-2-4-8-17/h2-4,7-10,12,14,16H,5-6,11,13H2,1H3. The molecule has 0 aromatic heterocycles. The van der Waals surface area contributed by atoms with Gasteiger partial charge in [0.1, 0.15) is 5.75 Å². The Morgan fingerprint density at radius 1 is 1.21 bits per heavy atom. The van der Waals surface area contributed by atoms with Crippen LogP contribution in [-0.4, -0.2) is 43.7 Å². The first-order chi connectivity index (χ1) is 13.3. The first kappa shape index (κ1) is 21.0. The lowest BCUT2D eigenvalue weighted by Crippen LogP contribution is -2.45. The zero-order valence-corrected chi connectivity index (χ0v) is 17.7. The highest BCUT2D eigenvalue weighted by Gasteiger charge is 2.35. The van der Waals surface area contributed by atoms with Gasteiger partial charge in [-0.1, -0.05) is 41.4 Å². The SMILES string of the molecule is CC(Oc1ccc(Cl)cc1Cl)C(=O)N1CCCC1CS(=O)(=O)c1ccccc1. The van der Waals surface area contributed by atoms with Crippen molar-refractivity contribution < 1.29 is 17.9 Å². The van der Waals surface area contributed by atoms with Crippen LogP contribution in [0.25, 0.3) is 0 Å². The summed E-state index contributed by atoms with van der Waals surface area (Å²) < 4.78 is 31.1. The van der Waals surface area contributed by atoms with E-state index in [1.54, 1.807) is 60.4 Å². The van der Waals surface area contributed by atoms with Crippen molar-refractivity contribution in [2.45, 2.75) is 36.8 Å². The van der Waals surface area contributed by atoms with Gasteiger partial charge < -0.3 is 9.64 Å². The van der Waals surface area contributed by atoms with Crippen LogP contribution >= 0.6 is 23.2 Å². The molecule has 0 radical (unpaired) electrons. The fourth-order valence-corrected chi connectivity index (χ4v) is 5.39. The van der Waals surface area contributed by atoms with Gasteiger partial charge in [-0.25, -0.2) is 8.42 Å². The van der Waals surface area contributed by atoms with E-state index in [0.29, 0.717) is 28.8 Å². The van der Waals surface area contributed by atoms with Crippen LogP contribution < -0.4 is 4.74 Å². The topological polar surface area (TPSA) is 63.7 Å². The van der Waals surface area contributed by atoms with E-state index in [1.807, 2.05) is 0 Å². The summed E-state index contributed by atoms with van der Waals surface area (Å²) in [6.45, 7) is 2.14. The van der Waals surface area contributed by atoms with Gasteiger partial charge in [0, 0.05) is 17.6 Å². The van der Waals surface area contributed by atoms with Crippen LogP contribution in [0, 0.1) is 0 Å². The molecule has 0 bridgehead atoms. The molecule has 0 saturated carbocycles. The van der Waals surface area contributed by atoms with Crippen molar-refractivity contribution in [1.29, 1.82) is 0 Å². The first-order valence-electron chi connectivity index (χ1n) is 8.98. The second kappa shape index (κ2) is 8.72. The second-order valence-electron chi connectivity index (χ2n) is 6.76. The molecule has 1 fully saturated rings. The molecule has 2 aromatic carbocycles. The summed E-state index contributed by atoms with van der Waals surface area (Å²) in [6, 6.07) is 12.7. The third kappa shape index (κ3) is 4.80. The van der Waals surface area contributed by atoms with Gasteiger partial charge in [-0.05, 0) is 50.1 Å². The molecule has 1 amide bonds. The molecule has 1 aliphatic rings.